The number of hydrogen-bond acceptors (Lipinski definition) is 3. The van der Waals surface area contributed by atoms with E-state index in [1.807, 2.05) is 18.2 Å². The summed E-state index contributed by atoms with van der Waals surface area (Å²) in [5.41, 5.74) is 1.20. The molecule has 1 amide bonds. The lowest BCUT2D eigenvalue weighted by atomic mass is 10.2. The average molecular weight is 262 g/mol. The van der Waals surface area contributed by atoms with Crippen molar-refractivity contribution in [3.8, 4) is 5.75 Å². The van der Waals surface area contributed by atoms with Gasteiger partial charge in [0.1, 0.15) is 5.75 Å². The Balaban J connectivity index is 1.56. The van der Waals surface area contributed by atoms with Crippen molar-refractivity contribution >= 4 is 5.91 Å². The van der Waals surface area contributed by atoms with E-state index in [1.165, 1.54) is 5.56 Å². The molecule has 1 aliphatic carbocycles. The molecule has 4 heteroatoms. The number of hydrogen-bond donors (Lipinski definition) is 2. The molecule has 0 unspecified atom stereocenters. The van der Waals surface area contributed by atoms with Crippen molar-refractivity contribution in [3.05, 3.63) is 29.8 Å². The summed E-state index contributed by atoms with van der Waals surface area (Å²) in [7, 11) is 1.67. The Labute approximate surface area is 114 Å². The molecule has 19 heavy (non-hydrogen) atoms. The number of nitrogens with one attached hydrogen (secondary N) is 2. The lowest BCUT2D eigenvalue weighted by molar-refractivity contribution is -0.121. The van der Waals surface area contributed by atoms with Crippen molar-refractivity contribution < 1.29 is 9.53 Å². The van der Waals surface area contributed by atoms with Crippen LogP contribution in [0.2, 0.25) is 0 Å². The summed E-state index contributed by atoms with van der Waals surface area (Å²) >= 11 is 0. The number of rotatable bonds is 8. The molecule has 1 saturated carbocycles. The van der Waals surface area contributed by atoms with Crippen LogP contribution in [0.15, 0.2) is 24.3 Å². The van der Waals surface area contributed by atoms with Crippen molar-refractivity contribution in [2.75, 3.05) is 13.7 Å². The Hall–Kier alpha value is -1.55. The van der Waals surface area contributed by atoms with Gasteiger partial charge in [-0.25, -0.2) is 0 Å². The minimum atomic E-state index is 0.186. The number of carbonyl (C=O) groups is 1. The molecule has 1 aliphatic rings. The number of methoxy groups -OCH3 is 1. The van der Waals surface area contributed by atoms with Gasteiger partial charge in [-0.15, -0.1) is 0 Å². The summed E-state index contributed by atoms with van der Waals surface area (Å²) in [5.74, 6) is 1.06. The first-order valence-electron chi connectivity index (χ1n) is 6.91. The van der Waals surface area contributed by atoms with E-state index in [0.717, 1.165) is 38.1 Å². The fourth-order valence-corrected chi connectivity index (χ4v) is 1.92. The van der Waals surface area contributed by atoms with E-state index >= 15 is 0 Å². The summed E-state index contributed by atoms with van der Waals surface area (Å²) in [6.45, 7) is 1.66. The van der Waals surface area contributed by atoms with Crippen LogP contribution in [0, 0.1) is 0 Å². The van der Waals surface area contributed by atoms with Gasteiger partial charge in [-0.2, -0.15) is 0 Å². The summed E-state index contributed by atoms with van der Waals surface area (Å²) in [6.07, 6.45) is 3.80. The molecule has 1 fully saturated rings. The third-order valence-electron chi connectivity index (χ3n) is 3.16. The Kier molecular flexibility index (Phi) is 5.21. The topological polar surface area (TPSA) is 50.4 Å². The van der Waals surface area contributed by atoms with E-state index in [-0.39, 0.29) is 5.91 Å². The normalized spacial score (nSPS) is 14.2. The maximum atomic E-state index is 11.5. The second-order valence-electron chi connectivity index (χ2n) is 4.97. The molecular formula is C15H22N2O2. The lowest BCUT2D eigenvalue weighted by Gasteiger charge is -2.07. The number of ether oxygens (including phenoxy) is 1. The van der Waals surface area contributed by atoms with E-state index in [0.29, 0.717) is 12.5 Å². The second kappa shape index (κ2) is 7.14. The van der Waals surface area contributed by atoms with E-state index in [1.54, 1.807) is 7.11 Å². The highest BCUT2D eigenvalue weighted by Crippen LogP contribution is 2.18. The van der Waals surface area contributed by atoms with Crippen LogP contribution in [0.5, 0.6) is 5.75 Å². The molecular weight excluding hydrogens is 240 g/mol. The third-order valence-corrected chi connectivity index (χ3v) is 3.16. The lowest BCUT2D eigenvalue weighted by Crippen LogP contribution is -2.26. The maximum absolute atomic E-state index is 11.5. The minimum Gasteiger partial charge on any atom is -0.497 e. The molecule has 0 heterocycles. The van der Waals surface area contributed by atoms with Gasteiger partial charge in [0.2, 0.25) is 5.91 Å². The van der Waals surface area contributed by atoms with Gasteiger partial charge in [0.05, 0.1) is 7.11 Å². The van der Waals surface area contributed by atoms with Crippen molar-refractivity contribution in [1.82, 2.24) is 10.6 Å². The summed E-state index contributed by atoms with van der Waals surface area (Å²) in [6, 6.07) is 8.48. The van der Waals surface area contributed by atoms with Gasteiger partial charge in [0, 0.05) is 19.0 Å². The Morgan fingerprint density at radius 2 is 2.26 bits per heavy atom. The molecule has 0 saturated heterocycles. The molecule has 0 bridgehead atoms. The standard InChI is InChI=1S/C15H22N2O2/c1-19-14-5-2-4-12(10-14)11-16-9-3-6-15(18)17-13-7-8-13/h2,4-5,10,13,16H,3,6-9,11H2,1H3,(H,17,18). The first-order chi connectivity index (χ1) is 9.28. The van der Waals surface area contributed by atoms with Gasteiger partial charge in [-0.1, -0.05) is 12.1 Å². The minimum absolute atomic E-state index is 0.186. The van der Waals surface area contributed by atoms with E-state index in [2.05, 4.69) is 16.7 Å². The molecule has 0 aliphatic heterocycles. The highest BCUT2D eigenvalue weighted by atomic mass is 16.5. The van der Waals surface area contributed by atoms with Crippen molar-refractivity contribution in [2.45, 2.75) is 38.3 Å². The van der Waals surface area contributed by atoms with Crippen molar-refractivity contribution in [3.63, 3.8) is 0 Å². The predicted molar refractivity (Wildman–Crippen MR) is 75.1 cm³/mol. The summed E-state index contributed by atoms with van der Waals surface area (Å²) < 4.78 is 5.18. The smallest absolute Gasteiger partial charge is 0.220 e. The van der Waals surface area contributed by atoms with E-state index in [9.17, 15) is 4.79 Å². The van der Waals surface area contributed by atoms with Crippen LogP contribution >= 0.6 is 0 Å². The highest BCUT2D eigenvalue weighted by molar-refractivity contribution is 5.76. The molecule has 4 nitrogen and oxygen atoms in total. The number of benzene rings is 1. The van der Waals surface area contributed by atoms with E-state index in [4.69, 9.17) is 4.74 Å². The van der Waals surface area contributed by atoms with Crippen LogP contribution in [0.3, 0.4) is 0 Å². The fourth-order valence-electron chi connectivity index (χ4n) is 1.92. The zero-order valence-electron chi connectivity index (χ0n) is 11.4. The third kappa shape index (κ3) is 5.30. The Morgan fingerprint density at radius 3 is 3.00 bits per heavy atom. The average Bonchev–Trinajstić information content (AvgIpc) is 3.22. The summed E-state index contributed by atoms with van der Waals surface area (Å²) in [5, 5.41) is 6.34. The maximum Gasteiger partial charge on any atom is 0.220 e. The van der Waals surface area contributed by atoms with Gasteiger partial charge in [-0.3, -0.25) is 4.79 Å². The monoisotopic (exact) mass is 262 g/mol. The van der Waals surface area contributed by atoms with Gasteiger partial charge in [0.25, 0.3) is 0 Å². The molecule has 0 atom stereocenters. The van der Waals surface area contributed by atoms with Crippen LogP contribution in [0.25, 0.3) is 0 Å². The summed E-state index contributed by atoms with van der Waals surface area (Å²) in [4.78, 5) is 11.5. The molecule has 1 aromatic carbocycles. The molecule has 2 N–H and O–H groups in total. The molecule has 0 aromatic heterocycles. The second-order valence-corrected chi connectivity index (χ2v) is 4.97. The Bertz CT molecular complexity index is 416. The molecule has 1 aromatic rings. The zero-order chi connectivity index (χ0) is 13.5. The van der Waals surface area contributed by atoms with Gasteiger partial charge in [-0.05, 0) is 43.5 Å². The van der Waals surface area contributed by atoms with Crippen molar-refractivity contribution in [1.29, 1.82) is 0 Å². The van der Waals surface area contributed by atoms with E-state index < -0.39 is 0 Å². The molecule has 0 spiro atoms. The van der Waals surface area contributed by atoms with Crippen LogP contribution in [-0.2, 0) is 11.3 Å². The SMILES string of the molecule is COc1cccc(CNCCCC(=O)NC2CC2)c1. The first kappa shape index (κ1) is 13.9. The van der Waals surface area contributed by atoms with Crippen LogP contribution < -0.4 is 15.4 Å². The Morgan fingerprint density at radius 1 is 1.42 bits per heavy atom. The van der Waals surface area contributed by atoms with Crippen LogP contribution in [0.1, 0.15) is 31.2 Å². The quantitative estimate of drug-likeness (QED) is 0.703. The highest BCUT2D eigenvalue weighted by Gasteiger charge is 2.22. The molecule has 2 rings (SSSR count). The van der Waals surface area contributed by atoms with Gasteiger partial charge < -0.3 is 15.4 Å². The van der Waals surface area contributed by atoms with Crippen LogP contribution in [-0.4, -0.2) is 25.6 Å². The predicted octanol–water partition coefficient (Wildman–Crippen LogP) is 1.84. The number of carbonyl (C=O) groups excluding carboxylic acids is 1. The van der Waals surface area contributed by atoms with Crippen LogP contribution in [0.4, 0.5) is 0 Å². The van der Waals surface area contributed by atoms with Gasteiger partial charge >= 0.3 is 0 Å². The first-order valence-corrected chi connectivity index (χ1v) is 6.91. The number of amides is 1. The zero-order valence-corrected chi connectivity index (χ0v) is 11.4. The van der Waals surface area contributed by atoms with Crippen molar-refractivity contribution in [2.24, 2.45) is 0 Å². The molecule has 0 radical (unpaired) electrons. The largest absolute Gasteiger partial charge is 0.497 e. The molecule has 104 valence electrons. The van der Waals surface area contributed by atoms with Gasteiger partial charge in [0.15, 0.2) is 0 Å². The fraction of sp³-hybridized carbons (Fsp3) is 0.533.